The fourth-order valence-corrected chi connectivity index (χ4v) is 1.69. The van der Waals surface area contributed by atoms with E-state index in [4.69, 9.17) is 11.6 Å². The lowest BCUT2D eigenvalue weighted by molar-refractivity contribution is 0.108. The zero-order valence-electron chi connectivity index (χ0n) is 9.06. The van der Waals surface area contributed by atoms with E-state index in [0.29, 0.717) is 11.5 Å². The number of carbonyl (C=O) groups excluding carboxylic acids is 1. The van der Waals surface area contributed by atoms with Crippen LogP contribution in [0.3, 0.4) is 0 Å². The second-order valence-electron chi connectivity index (χ2n) is 3.84. The maximum Gasteiger partial charge on any atom is 0.255 e. The lowest BCUT2D eigenvalue weighted by Gasteiger charge is -2.32. The number of nitrogens with zero attached hydrogens (tertiary/aromatic N) is 4. The standard InChI is InChI=1S/C10H13ClN4O/c1-14-2-4-15(5-3-14)10-12-6-8(7-13-10)9(11)16/h6-7H,2-5H2,1H3. The molecule has 1 fully saturated rings. The van der Waals surface area contributed by atoms with Crippen LogP contribution in [0.4, 0.5) is 5.95 Å². The molecule has 0 amide bonds. The largest absolute Gasteiger partial charge is 0.338 e. The van der Waals surface area contributed by atoms with E-state index in [-0.39, 0.29) is 0 Å². The van der Waals surface area contributed by atoms with Crippen molar-refractivity contribution in [3.8, 4) is 0 Å². The van der Waals surface area contributed by atoms with Crippen molar-refractivity contribution in [1.29, 1.82) is 0 Å². The number of halogens is 1. The Morgan fingerprint density at radius 3 is 2.31 bits per heavy atom. The summed E-state index contributed by atoms with van der Waals surface area (Å²) in [6, 6.07) is 0. The highest BCUT2D eigenvalue weighted by Crippen LogP contribution is 2.10. The fourth-order valence-electron chi connectivity index (χ4n) is 1.59. The smallest absolute Gasteiger partial charge is 0.255 e. The normalized spacial score (nSPS) is 17.5. The number of carbonyl (C=O) groups is 1. The molecule has 2 rings (SSSR count). The molecule has 1 aliphatic heterocycles. The van der Waals surface area contributed by atoms with Crippen molar-refractivity contribution in [1.82, 2.24) is 14.9 Å². The minimum absolute atomic E-state index is 0.333. The van der Waals surface area contributed by atoms with E-state index in [0.717, 1.165) is 26.2 Å². The third kappa shape index (κ3) is 2.48. The highest BCUT2D eigenvalue weighted by molar-refractivity contribution is 6.67. The van der Waals surface area contributed by atoms with Crippen LogP contribution in [0.1, 0.15) is 10.4 Å². The summed E-state index contributed by atoms with van der Waals surface area (Å²) in [5, 5.41) is -0.523. The van der Waals surface area contributed by atoms with Gasteiger partial charge in [0.1, 0.15) is 0 Å². The number of anilines is 1. The van der Waals surface area contributed by atoms with Crippen molar-refractivity contribution < 1.29 is 4.79 Å². The van der Waals surface area contributed by atoms with Gasteiger partial charge in [0.05, 0.1) is 5.56 Å². The van der Waals surface area contributed by atoms with Gasteiger partial charge < -0.3 is 9.80 Å². The second kappa shape index (κ2) is 4.76. The average Bonchev–Trinajstić information content (AvgIpc) is 2.30. The molecule has 0 atom stereocenters. The fraction of sp³-hybridized carbons (Fsp3) is 0.500. The average molecular weight is 241 g/mol. The predicted molar refractivity (Wildman–Crippen MR) is 61.9 cm³/mol. The van der Waals surface area contributed by atoms with Gasteiger partial charge in [0.15, 0.2) is 0 Å². The van der Waals surface area contributed by atoms with Gasteiger partial charge in [0, 0.05) is 38.6 Å². The first-order chi connectivity index (χ1) is 7.66. The summed E-state index contributed by atoms with van der Waals surface area (Å²) in [6.07, 6.45) is 2.94. The molecule has 5 nitrogen and oxygen atoms in total. The van der Waals surface area contributed by atoms with Crippen molar-refractivity contribution in [2.75, 3.05) is 38.1 Å². The molecule has 1 aliphatic rings. The number of rotatable bonds is 2. The second-order valence-corrected chi connectivity index (χ2v) is 4.18. The van der Waals surface area contributed by atoms with Crippen LogP contribution in [0.2, 0.25) is 0 Å². The van der Waals surface area contributed by atoms with E-state index in [1.165, 1.54) is 12.4 Å². The maximum absolute atomic E-state index is 10.8. The molecule has 0 saturated carbocycles. The molecule has 0 bridgehead atoms. The summed E-state index contributed by atoms with van der Waals surface area (Å²) in [6.45, 7) is 3.81. The van der Waals surface area contributed by atoms with Gasteiger partial charge >= 0.3 is 0 Å². The molecule has 0 aromatic carbocycles. The summed E-state index contributed by atoms with van der Waals surface area (Å²) in [5.41, 5.74) is 0.333. The van der Waals surface area contributed by atoms with Crippen LogP contribution in [-0.2, 0) is 0 Å². The maximum atomic E-state index is 10.8. The molecular formula is C10H13ClN4O. The SMILES string of the molecule is CN1CCN(c2ncc(C(=O)Cl)cn2)CC1. The van der Waals surface area contributed by atoms with Crippen LogP contribution in [-0.4, -0.2) is 53.3 Å². The van der Waals surface area contributed by atoms with Gasteiger partial charge in [-0.1, -0.05) is 0 Å². The predicted octanol–water partition coefficient (Wildman–Crippen LogP) is 0.607. The molecule has 86 valence electrons. The lowest BCUT2D eigenvalue weighted by atomic mass is 10.3. The molecule has 2 heterocycles. The molecule has 16 heavy (non-hydrogen) atoms. The van der Waals surface area contributed by atoms with Gasteiger partial charge in [-0.15, -0.1) is 0 Å². The first kappa shape index (κ1) is 11.3. The molecule has 6 heteroatoms. The van der Waals surface area contributed by atoms with Crippen molar-refractivity contribution in [2.24, 2.45) is 0 Å². The first-order valence-corrected chi connectivity index (χ1v) is 5.50. The molecule has 1 aromatic rings. The quantitative estimate of drug-likeness (QED) is 0.709. The minimum atomic E-state index is -0.523. The van der Waals surface area contributed by atoms with Crippen molar-refractivity contribution >= 4 is 22.8 Å². The number of hydrogen-bond donors (Lipinski definition) is 0. The monoisotopic (exact) mass is 240 g/mol. The molecule has 1 aromatic heterocycles. The van der Waals surface area contributed by atoms with E-state index in [2.05, 4.69) is 26.8 Å². The van der Waals surface area contributed by atoms with Gasteiger partial charge in [-0.05, 0) is 18.6 Å². The Labute approximate surface area is 99.0 Å². The van der Waals surface area contributed by atoms with Gasteiger partial charge in [-0.2, -0.15) is 0 Å². The Hall–Kier alpha value is -1.20. The highest BCUT2D eigenvalue weighted by Gasteiger charge is 2.16. The summed E-state index contributed by atoms with van der Waals surface area (Å²) in [4.78, 5) is 23.5. The number of hydrogen-bond acceptors (Lipinski definition) is 5. The third-order valence-electron chi connectivity index (χ3n) is 2.65. The molecular weight excluding hydrogens is 228 g/mol. The zero-order valence-corrected chi connectivity index (χ0v) is 9.81. The third-order valence-corrected chi connectivity index (χ3v) is 2.87. The molecule has 1 saturated heterocycles. The van der Waals surface area contributed by atoms with Crippen LogP contribution < -0.4 is 4.90 Å². The van der Waals surface area contributed by atoms with Crippen molar-refractivity contribution in [2.45, 2.75) is 0 Å². The Morgan fingerprint density at radius 1 is 1.25 bits per heavy atom. The van der Waals surface area contributed by atoms with Gasteiger partial charge in [-0.3, -0.25) is 4.79 Å². The Bertz CT molecular complexity index is 373. The topological polar surface area (TPSA) is 49.3 Å². The Balaban J connectivity index is 2.07. The summed E-state index contributed by atoms with van der Waals surface area (Å²) < 4.78 is 0. The number of likely N-dealkylation sites (N-methyl/N-ethyl adjacent to an activating group) is 1. The van der Waals surface area contributed by atoms with Gasteiger partial charge in [-0.25, -0.2) is 9.97 Å². The van der Waals surface area contributed by atoms with E-state index in [9.17, 15) is 4.79 Å². The van der Waals surface area contributed by atoms with Crippen molar-refractivity contribution in [3.63, 3.8) is 0 Å². The van der Waals surface area contributed by atoms with E-state index in [1.54, 1.807) is 0 Å². The van der Waals surface area contributed by atoms with Crippen molar-refractivity contribution in [3.05, 3.63) is 18.0 Å². The van der Waals surface area contributed by atoms with Crippen LogP contribution in [0.25, 0.3) is 0 Å². The van der Waals surface area contributed by atoms with E-state index >= 15 is 0 Å². The van der Waals surface area contributed by atoms with Gasteiger partial charge in [0.25, 0.3) is 5.24 Å². The number of piperazine rings is 1. The summed E-state index contributed by atoms with van der Waals surface area (Å²) in [5.74, 6) is 0.662. The minimum Gasteiger partial charge on any atom is -0.338 e. The van der Waals surface area contributed by atoms with Crippen LogP contribution >= 0.6 is 11.6 Å². The molecule has 0 N–H and O–H groups in total. The molecule has 0 spiro atoms. The molecule has 0 unspecified atom stereocenters. The first-order valence-electron chi connectivity index (χ1n) is 5.12. The van der Waals surface area contributed by atoms with E-state index in [1.807, 2.05) is 0 Å². The Kier molecular flexibility index (Phi) is 3.36. The highest BCUT2D eigenvalue weighted by atomic mass is 35.5. The zero-order chi connectivity index (χ0) is 11.5. The summed E-state index contributed by atoms with van der Waals surface area (Å²) >= 11 is 5.32. The molecule has 0 aliphatic carbocycles. The van der Waals surface area contributed by atoms with Crippen LogP contribution in [0.15, 0.2) is 12.4 Å². The summed E-state index contributed by atoms with van der Waals surface area (Å²) in [7, 11) is 2.09. The van der Waals surface area contributed by atoms with Gasteiger partial charge in [0.2, 0.25) is 5.95 Å². The van der Waals surface area contributed by atoms with E-state index < -0.39 is 5.24 Å². The lowest BCUT2D eigenvalue weighted by Crippen LogP contribution is -2.45. The van der Waals surface area contributed by atoms with Crippen LogP contribution in [0.5, 0.6) is 0 Å². The Morgan fingerprint density at radius 2 is 1.81 bits per heavy atom. The number of aromatic nitrogens is 2. The van der Waals surface area contributed by atoms with Crippen LogP contribution in [0, 0.1) is 0 Å². The molecule has 0 radical (unpaired) electrons.